The van der Waals surface area contributed by atoms with Gasteiger partial charge in [0.05, 0.1) is 11.6 Å². The van der Waals surface area contributed by atoms with Crippen LogP contribution in [0.25, 0.3) is 0 Å². The predicted molar refractivity (Wildman–Crippen MR) is 76.6 cm³/mol. The van der Waals surface area contributed by atoms with Crippen LogP contribution in [0.1, 0.15) is 31.2 Å². The molecule has 1 heterocycles. The van der Waals surface area contributed by atoms with Gasteiger partial charge in [-0.05, 0) is 57.0 Å². The van der Waals surface area contributed by atoms with Crippen LogP contribution in [-0.4, -0.2) is 31.1 Å². The number of nitrogens with zero attached hydrogens (tertiary/aromatic N) is 1. The third kappa shape index (κ3) is 4.18. The Bertz CT molecular complexity index is 375. The highest BCUT2D eigenvalue weighted by Gasteiger charge is 2.09. The van der Waals surface area contributed by atoms with Crippen LogP contribution in [0.2, 0.25) is 5.02 Å². The normalized spacial score (nSPS) is 16.8. The zero-order chi connectivity index (χ0) is 12.8. The van der Waals surface area contributed by atoms with Crippen LogP contribution in [0.4, 0.5) is 0 Å². The molecule has 0 aliphatic carbocycles. The number of halogens is 1. The minimum atomic E-state index is 0.716. The van der Waals surface area contributed by atoms with Crippen molar-refractivity contribution in [3.63, 3.8) is 0 Å². The van der Waals surface area contributed by atoms with Crippen LogP contribution in [-0.2, 0) is 0 Å². The first-order valence-corrected chi connectivity index (χ1v) is 7.25. The number of ether oxygens (including phenoxy) is 1. The summed E-state index contributed by atoms with van der Waals surface area (Å²) in [6.07, 6.45) is 5.17. The zero-order valence-corrected chi connectivity index (χ0v) is 11.9. The van der Waals surface area contributed by atoms with Gasteiger partial charge in [-0.25, -0.2) is 0 Å². The van der Waals surface area contributed by atoms with E-state index in [9.17, 15) is 0 Å². The van der Waals surface area contributed by atoms with Gasteiger partial charge in [-0.1, -0.05) is 24.1 Å². The third-order valence-corrected chi connectivity index (χ3v) is 3.71. The molecule has 0 bridgehead atoms. The molecule has 0 atom stereocenters. The highest BCUT2D eigenvalue weighted by atomic mass is 35.5. The van der Waals surface area contributed by atoms with Crippen molar-refractivity contribution in [2.75, 3.05) is 26.2 Å². The van der Waals surface area contributed by atoms with Crippen molar-refractivity contribution in [2.24, 2.45) is 0 Å². The Morgan fingerprint density at radius 3 is 2.72 bits per heavy atom. The smallest absolute Gasteiger partial charge is 0.137 e. The average Bonchev–Trinajstić information content (AvgIpc) is 2.38. The molecule has 0 N–H and O–H groups in total. The molecule has 100 valence electrons. The van der Waals surface area contributed by atoms with Gasteiger partial charge in [0.25, 0.3) is 0 Å². The van der Waals surface area contributed by atoms with E-state index in [-0.39, 0.29) is 0 Å². The highest BCUT2D eigenvalue weighted by Crippen LogP contribution is 2.25. The van der Waals surface area contributed by atoms with Crippen LogP contribution in [0.15, 0.2) is 18.2 Å². The zero-order valence-electron chi connectivity index (χ0n) is 11.1. The molecule has 1 aromatic rings. The van der Waals surface area contributed by atoms with Gasteiger partial charge in [0.1, 0.15) is 5.75 Å². The van der Waals surface area contributed by atoms with Gasteiger partial charge < -0.3 is 9.64 Å². The van der Waals surface area contributed by atoms with E-state index in [2.05, 4.69) is 4.90 Å². The molecule has 0 saturated carbocycles. The first-order valence-electron chi connectivity index (χ1n) is 6.87. The Labute approximate surface area is 115 Å². The van der Waals surface area contributed by atoms with Crippen molar-refractivity contribution in [2.45, 2.75) is 32.6 Å². The second kappa shape index (κ2) is 7.01. The molecule has 1 aromatic carbocycles. The monoisotopic (exact) mass is 267 g/mol. The molecular weight excluding hydrogens is 246 g/mol. The molecule has 0 unspecified atom stereocenters. The van der Waals surface area contributed by atoms with Gasteiger partial charge in [-0.3, -0.25) is 0 Å². The summed E-state index contributed by atoms with van der Waals surface area (Å²) < 4.78 is 5.72. The first kappa shape index (κ1) is 13.7. The summed E-state index contributed by atoms with van der Waals surface area (Å²) in [5, 5.41) is 0.716. The molecule has 1 fully saturated rings. The van der Waals surface area contributed by atoms with Crippen LogP contribution < -0.4 is 4.74 Å². The minimum absolute atomic E-state index is 0.716. The molecule has 1 aliphatic rings. The maximum Gasteiger partial charge on any atom is 0.137 e. The molecule has 0 spiro atoms. The lowest BCUT2D eigenvalue weighted by atomic mass is 10.1. The maximum atomic E-state index is 6.12. The Morgan fingerprint density at radius 2 is 2.00 bits per heavy atom. The topological polar surface area (TPSA) is 12.5 Å². The Hall–Kier alpha value is -0.730. The maximum absolute atomic E-state index is 6.12. The number of benzene rings is 1. The molecule has 18 heavy (non-hydrogen) atoms. The molecular formula is C15H22ClNO. The van der Waals surface area contributed by atoms with Crippen molar-refractivity contribution in [3.8, 4) is 5.75 Å². The lowest BCUT2D eigenvalue weighted by Gasteiger charge is -2.26. The summed E-state index contributed by atoms with van der Waals surface area (Å²) in [5.41, 5.74) is 1.17. The van der Waals surface area contributed by atoms with Crippen molar-refractivity contribution in [1.29, 1.82) is 0 Å². The van der Waals surface area contributed by atoms with Crippen molar-refractivity contribution in [1.82, 2.24) is 4.90 Å². The Balaban J connectivity index is 1.68. The van der Waals surface area contributed by atoms with E-state index in [1.165, 1.54) is 37.9 Å². The second-order valence-electron chi connectivity index (χ2n) is 5.04. The number of aryl methyl sites for hydroxylation is 1. The van der Waals surface area contributed by atoms with Crippen molar-refractivity contribution in [3.05, 3.63) is 28.8 Å². The molecule has 0 aromatic heterocycles. The van der Waals surface area contributed by atoms with Gasteiger partial charge in [-0.2, -0.15) is 0 Å². The largest absolute Gasteiger partial charge is 0.492 e. The van der Waals surface area contributed by atoms with Gasteiger partial charge in [0.2, 0.25) is 0 Å². The van der Waals surface area contributed by atoms with E-state index in [1.54, 1.807) is 0 Å². The first-order chi connectivity index (χ1) is 8.75. The Kier molecular flexibility index (Phi) is 5.33. The van der Waals surface area contributed by atoms with E-state index < -0.39 is 0 Å². The van der Waals surface area contributed by atoms with E-state index in [4.69, 9.17) is 16.3 Å². The standard InChI is InChI=1S/C15H22ClNO/c1-13-6-7-15(14(16)12-13)18-11-5-10-17-8-3-2-4-9-17/h6-7,12H,2-5,8-11H2,1H3. The molecule has 0 amide bonds. The average molecular weight is 268 g/mol. The molecule has 3 heteroatoms. The van der Waals surface area contributed by atoms with E-state index >= 15 is 0 Å². The van der Waals surface area contributed by atoms with Crippen LogP contribution in [0.3, 0.4) is 0 Å². The SMILES string of the molecule is Cc1ccc(OCCCN2CCCCC2)c(Cl)c1. The van der Waals surface area contributed by atoms with Crippen LogP contribution in [0, 0.1) is 6.92 Å². The van der Waals surface area contributed by atoms with Crippen molar-refractivity contribution < 1.29 is 4.74 Å². The van der Waals surface area contributed by atoms with Gasteiger partial charge in [0, 0.05) is 6.54 Å². The fourth-order valence-electron chi connectivity index (χ4n) is 2.38. The second-order valence-corrected chi connectivity index (χ2v) is 5.45. The van der Waals surface area contributed by atoms with Crippen molar-refractivity contribution >= 4 is 11.6 Å². The molecule has 2 rings (SSSR count). The van der Waals surface area contributed by atoms with Crippen LogP contribution >= 0.6 is 11.6 Å². The number of rotatable bonds is 5. The summed E-state index contributed by atoms with van der Waals surface area (Å²) >= 11 is 6.12. The molecule has 2 nitrogen and oxygen atoms in total. The summed E-state index contributed by atoms with van der Waals surface area (Å²) in [5.74, 6) is 0.806. The fraction of sp³-hybridized carbons (Fsp3) is 0.600. The summed E-state index contributed by atoms with van der Waals surface area (Å²) in [4.78, 5) is 2.53. The molecule has 1 aliphatic heterocycles. The van der Waals surface area contributed by atoms with E-state index in [0.29, 0.717) is 5.02 Å². The number of hydrogen-bond donors (Lipinski definition) is 0. The van der Waals surface area contributed by atoms with E-state index in [1.807, 2.05) is 25.1 Å². The van der Waals surface area contributed by atoms with Gasteiger partial charge in [0.15, 0.2) is 0 Å². The van der Waals surface area contributed by atoms with E-state index in [0.717, 1.165) is 25.3 Å². The number of piperidine rings is 1. The lowest BCUT2D eigenvalue weighted by molar-refractivity contribution is 0.205. The summed E-state index contributed by atoms with van der Waals surface area (Å²) in [7, 11) is 0. The summed E-state index contributed by atoms with van der Waals surface area (Å²) in [6, 6.07) is 5.94. The van der Waals surface area contributed by atoms with Crippen LogP contribution in [0.5, 0.6) is 5.75 Å². The summed E-state index contributed by atoms with van der Waals surface area (Å²) in [6.45, 7) is 6.44. The lowest BCUT2D eigenvalue weighted by Crippen LogP contribution is -2.31. The predicted octanol–water partition coefficient (Wildman–Crippen LogP) is 3.90. The highest BCUT2D eigenvalue weighted by molar-refractivity contribution is 6.32. The molecule has 0 radical (unpaired) electrons. The number of likely N-dealkylation sites (tertiary alicyclic amines) is 1. The fourth-order valence-corrected chi connectivity index (χ4v) is 2.67. The minimum Gasteiger partial charge on any atom is -0.492 e. The third-order valence-electron chi connectivity index (χ3n) is 3.41. The van der Waals surface area contributed by atoms with Gasteiger partial charge >= 0.3 is 0 Å². The Morgan fingerprint density at radius 1 is 1.22 bits per heavy atom. The quantitative estimate of drug-likeness (QED) is 0.750. The molecule has 1 saturated heterocycles. The van der Waals surface area contributed by atoms with Gasteiger partial charge in [-0.15, -0.1) is 0 Å². The number of hydrogen-bond acceptors (Lipinski definition) is 2.